The summed E-state index contributed by atoms with van der Waals surface area (Å²) in [7, 11) is 0. The first-order valence-electron chi connectivity index (χ1n) is 7.15. The van der Waals surface area contributed by atoms with Gasteiger partial charge in [-0.2, -0.15) is 0 Å². The Labute approximate surface area is 137 Å². The first-order chi connectivity index (χ1) is 10.6. The van der Waals surface area contributed by atoms with Crippen molar-refractivity contribution < 1.29 is 9.53 Å². The van der Waals surface area contributed by atoms with Crippen LogP contribution in [0.3, 0.4) is 0 Å². The highest BCUT2D eigenvalue weighted by atomic mass is 32.2. The number of nitrogens with zero attached hydrogens (tertiary/aromatic N) is 3. The third kappa shape index (κ3) is 3.50. The van der Waals surface area contributed by atoms with Gasteiger partial charge in [-0.1, -0.05) is 11.8 Å². The molecule has 3 rings (SSSR count). The normalized spacial score (nSPS) is 18.0. The van der Waals surface area contributed by atoms with Crippen LogP contribution in [0.15, 0.2) is 16.6 Å². The molecule has 0 aliphatic carbocycles. The molecule has 1 aliphatic rings. The zero-order valence-corrected chi connectivity index (χ0v) is 14.0. The zero-order chi connectivity index (χ0) is 15.5. The Morgan fingerprint density at radius 1 is 1.59 bits per heavy atom. The fourth-order valence-electron chi connectivity index (χ4n) is 2.46. The van der Waals surface area contributed by atoms with Gasteiger partial charge in [-0.05, 0) is 25.8 Å². The first kappa shape index (κ1) is 15.5. The highest BCUT2D eigenvalue weighted by Crippen LogP contribution is 2.29. The summed E-state index contributed by atoms with van der Waals surface area (Å²) >= 11 is 3.01. The Kier molecular flexibility index (Phi) is 4.80. The molecule has 1 atom stereocenters. The van der Waals surface area contributed by atoms with E-state index in [9.17, 15) is 4.79 Å². The fraction of sp³-hybridized carbons (Fsp3) is 0.500. The summed E-state index contributed by atoms with van der Waals surface area (Å²) in [6.45, 7) is 3.58. The van der Waals surface area contributed by atoms with E-state index in [1.165, 1.54) is 16.6 Å². The SMILES string of the molecule is Cc1cc(-c2nnc(SCC(N)=O)n2C[C@H]2CCCO2)cs1. The lowest BCUT2D eigenvalue weighted by atomic mass is 10.2. The van der Waals surface area contributed by atoms with Crippen molar-refractivity contribution in [3.05, 3.63) is 16.3 Å². The Morgan fingerprint density at radius 3 is 3.09 bits per heavy atom. The van der Waals surface area contributed by atoms with Crippen LogP contribution in [-0.2, 0) is 16.1 Å². The first-order valence-corrected chi connectivity index (χ1v) is 9.01. The second-order valence-corrected chi connectivity index (χ2v) is 7.31. The summed E-state index contributed by atoms with van der Waals surface area (Å²) in [5, 5.41) is 11.3. The number of aromatic nitrogens is 3. The van der Waals surface area contributed by atoms with E-state index >= 15 is 0 Å². The molecule has 22 heavy (non-hydrogen) atoms. The van der Waals surface area contributed by atoms with E-state index < -0.39 is 0 Å². The number of primary amides is 1. The summed E-state index contributed by atoms with van der Waals surface area (Å²) in [5.74, 6) is 0.670. The third-order valence-corrected chi connectivity index (χ3v) is 5.31. The molecule has 0 bridgehead atoms. The van der Waals surface area contributed by atoms with Gasteiger partial charge in [-0.3, -0.25) is 9.36 Å². The molecular formula is C14H18N4O2S2. The summed E-state index contributed by atoms with van der Waals surface area (Å²) < 4.78 is 7.77. The minimum atomic E-state index is -0.357. The average molecular weight is 338 g/mol. The second kappa shape index (κ2) is 6.80. The van der Waals surface area contributed by atoms with Crippen LogP contribution in [0.4, 0.5) is 0 Å². The molecule has 0 aromatic carbocycles. The molecular weight excluding hydrogens is 320 g/mol. The molecule has 0 radical (unpaired) electrons. The number of amides is 1. The predicted molar refractivity (Wildman–Crippen MR) is 87.0 cm³/mol. The van der Waals surface area contributed by atoms with Crippen LogP contribution in [-0.4, -0.2) is 39.1 Å². The molecule has 2 aromatic heterocycles. The van der Waals surface area contributed by atoms with Gasteiger partial charge in [-0.15, -0.1) is 21.5 Å². The van der Waals surface area contributed by atoms with Gasteiger partial charge in [0.15, 0.2) is 11.0 Å². The lowest BCUT2D eigenvalue weighted by molar-refractivity contribution is -0.115. The van der Waals surface area contributed by atoms with Crippen LogP contribution in [0.2, 0.25) is 0 Å². The highest BCUT2D eigenvalue weighted by molar-refractivity contribution is 7.99. The lowest BCUT2D eigenvalue weighted by Crippen LogP contribution is -2.18. The third-order valence-electron chi connectivity index (χ3n) is 3.46. The van der Waals surface area contributed by atoms with Crippen LogP contribution in [0.1, 0.15) is 17.7 Å². The maximum Gasteiger partial charge on any atom is 0.227 e. The summed E-state index contributed by atoms with van der Waals surface area (Å²) in [6.07, 6.45) is 2.31. The minimum Gasteiger partial charge on any atom is -0.376 e. The van der Waals surface area contributed by atoms with E-state index in [1.54, 1.807) is 11.3 Å². The Balaban J connectivity index is 1.89. The maximum absolute atomic E-state index is 11.0. The molecule has 1 amide bonds. The largest absolute Gasteiger partial charge is 0.376 e. The van der Waals surface area contributed by atoms with Crippen LogP contribution >= 0.6 is 23.1 Å². The van der Waals surface area contributed by atoms with E-state index in [1.807, 2.05) is 4.57 Å². The highest BCUT2D eigenvalue weighted by Gasteiger charge is 2.22. The van der Waals surface area contributed by atoms with Crippen LogP contribution < -0.4 is 5.73 Å². The number of hydrogen-bond acceptors (Lipinski definition) is 6. The van der Waals surface area contributed by atoms with Crippen molar-refractivity contribution in [1.82, 2.24) is 14.8 Å². The van der Waals surface area contributed by atoms with Crippen LogP contribution in [0, 0.1) is 6.92 Å². The topological polar surface area (TPSA) is 83.0 Å². The molecule has 1 fully saturated rings. The van der Waals surface area contributed by atoms with Gasteiger partial charge in [-0.25, -0.2) is 0 Å². The average Bonchev–Trinajstić information content (AvgIpc) is 3.18. The number of carbonyl (C=O) groups is 1. The molecule has 0 saturated carbocycles. The molecule has 2 aromatic rings. The van der Waals surface area contributed by atoms with Crippen molar-refractivity contribution in [2.24, 2.45) is 5.73 Å². The number of thiophene rings is 1. The van der Waals surface area contributed by atoms with Gasteiger partial charge in [0.2, 0.25) is 5.91 Å². The number of rotatable bonds is 6. The van der Waals surface area contributed by atoms with Crippen molar-refractivity contribution in [3.8, 4) is 11.4 Å². The molecule has 8 heteroatoms. The summed E-state index contributed by atoms with van der Waals surface area (Å²) in [6, 6.07) is 2.10. The fourth-order valence-corrected chi connectivity index (χ4v) is 3.83. The molecule has 6 nitrogen and oxygen atoms in total. The van der Waals surface area contributed by atoms with E-state index in [2.05, 4.69) is 28.6 Å². The Bertz CT molecular complexity index is 662. The predicted octanol–water partition coefficient (Wildman–Crippen LogP) is 2.07. The van der Waals surface area contributed by atoms with E-state index in [0.717, 1.165) is 30.8 Å². The van der Waals surface area contributed by atoms with Gasteiger partial charge in [0, 0.05) is 22.4 Å². The number of nitrogens with two attached hydrogens (primary N) is 1. The second-order valence-electron chi connectivity index (χ2n) is 5.25. The van der Waals surface area contributed by atoms with Gasteiger partial charge >= 0.3 is 0 Å². The maximum atomic E-state index is 11.0. The van der Waals surface area contributed by atoms with E-state index in [4.69, 9.17) is 10.5 Å². The lowest BCUT2D eigenvalue weighted by Gasteiger charge is -2.14. The molecule has 1 saturated heterocycles. The van der Waals surface area contributed by atoms with E-state index in [0.29, 0.717) is 11.7 Å². The van der Waals surface area contributed by atoms with Gasteiger partial charge in [0.1, 0.15) is 0 Å². The monoisotopic (exact) mass is 338 g/mol. The number of aryl methyl sites for hydroxylation is 1. The van der Waals surface area contributed by atoms with Gasteiger partial charge < -0.3 is 10.5 Å². The molecule has 0 spiro atoms. The Hall–Kier alpha value is -1.38. The smallest absolute Gasteiger partial charge is 0.227 e. The number of ether oxygens (including phenoxy) is 1. The van der Waals surface area contributed by atoms with Crippen LogP contribution in [0.5, 0.6) is 0 Å². The summed E-state index contributed by atoms with van der Waals surface area (Å²) in [5.41, 5.74) is 6.29. The van der Waals surface area contributed by atoms with Crippen molar-refractivity contribution in [2.75, 3.05) is 12.4 Å². The Morgan fingerprint density at radius 2 is 2.45 bits per heavy atom. The standard InChI is InChI=1S/C14H18N4O2S2/c1-9-5-10(7-21-9)13-16-17-14(22-8-12(15)19)18(13)6-11-3-2-4-20-11/h5,7,11H,2-4,6,8H2,1H3,(H2,15,19)/t11-/m1/s1. The molecule has 0 unspecified atom stereocenters. The number of hydrogen-bond donors (Lipinski definition) is 1. The molecule has 118 valence electrons. The summed E-state index contributed by atoms with van der Waals surface area (Å²) in [4.78, 5) is 12.3. The molecule has 3 heterocycles. The van der Waals surface area contributed by atoms with Gasteiger partial charge in [0.05, 0.1) is 18.4 Å². The van der Waals surface area contributed by atoms with Crippen molar-refractivity contribution in [1.29, 1.82) is 0 Å². The van der Waals surface area contributed by atoms with E-state index in [-0.39, 0.29) is 17.8 Å². The number of carbonyl (C=O) groups excluding carboxylic acids is 1. The molecule has 1 aliphatic heterocycles. The van der Waals surface area contributed by atoms with Crippen LogP contribution in [0.25, 0.3) is 11.4 Å². The minimum absolute atomic E-state index is 0.183. The van der Waals surface area contributed by atoms with Crippen molar-refractivity contribution in [2.45, 2.75) is 37.6 Å². The zero-order valence-electron chi connectivity index (χ0n) is 12.3. The number of thioether (sulfide) groups is 1. The van der Waals surface area contributed by atoms with Crippen molar-refractivity contribution >= 4 is 29.0 Å². The molecule has 2 N–H and O–H groups in total. The quantitative estimate of drug-likeness (QED) is 0.815. The van der Waals surface area contributed by atoms with Crippen molar-refractivity contribution in [3.63, 3.8) is 0 Å². The van der Waals surface area contributed by atoms with Gasteiger partial charge in [0.25, 0.3) is 0 Å².